The van der Waals surface area contributed by atoms with Crippen molar-refractivity contribution < 1.29 is 4.74 Å². The summed E-state index contributed by atoms with van der Waals surface area (Å²) in [4.78, 5) is 17.7. The molecular formula is C19H27N5O. The van der Waals surface area contributed by atoms with Gasteiger partial charge in [-0.2, -0.15) is 0 Å². The zero-order valence-corrected chi connectivity index (χ0v) is 15.1. The molecule has 4 heterocycles. The number of imidazole rings is 1. The number of fused-ring (bicyclic) bond motifs is 1. The van der Waals surface area contributed by atoms with Crippen molar-refractivity contribution in [3.63, 3.8) is 0 Å². The first-order valence-corrected chi connectivity index (χ1v) is 9.15. The second kappa shape index (κ2) is 6.86. The molecule has 2 aliphatic heterocycles. The van der Waals surface area contributed by atoms with Crippen molar-refractivity contribution in [1.82, 2.24) is 24.8 Å². The Kier molecular flexibility index (Phi) is 4.58. The van der Waals surface area contributed by atoms with E-state index in [0.29, 0.717) is 0 Å². The van der Waals surface area contributed by atoms with Gasteiger partial charge in [0.1, 0.15) is 0 Å². The van der Waals surface area contributed by atoms with E-state index < -0.39 is 0 Å². The number of aromatic nitrogens is 3. The number of H-pyrrole nitrogens is 1. The fraction of sp³-hybridized carbons (Fsp3) is 0.579. The molecule has 134 valence electrons. The maximum Gasteiger partial charge on any atom is 0.0969 e. The number of aromatic amines is 1. The Hall–Kier alpha value is -1.76. The van der Waals surface area contributed by atoms with Crippen LogP contribution >= 0.6 is 0 Å². The lowest BCUT2D eigenvalue weighted by molar-refractivity contribution is -0.0258. The number of ether oxygens (including phenoxy) is 1. The molecule has 0 saturated carbocycles. The molecule has 0 radical (unpaired) electrons. The van der Waals surface area contributed by atoms with Crippen LogP contribution in [0.15, 0.2) is 30.7 Å². The summed E-state index contributed by atoms with van der Waals surface area (Å²) in [7, 11) is 0. The third-order valence-corrected chi connectivity index (χ3v) is 5.45. The van der Waals surface area contributed by atoms with Crippen molar-refractivity contribution in [3.05, 3.63) is 47.8 Å². The van der Waals surface area contributed by atoms with E-state index in [4.69, 9.17) is 4.74 Å². The highest BCUT2D eigenvalue weighted by Crippen LogP contribution is 2.34. The number of hydrogen-bond donors (Lipinski definition) is 1. The average molecular weight is 341 g/mol. The van der Waals surface area contributed by atoms with Gasteiger partial charge in [-0.1, -0.05) is 6.07 Å². The highest BCUT2D eigenvalue weighted by molar-refractivity contribution is 5.28. The molecule has 1 N–H and O–H groups in total. The van der Waals surface area contributed by atoms with Gasteiger partial charge < -0.3 is 9.72 Å². The van der Waals surface area contributed by atoms with Gasteiger partial charge >= 0.3 is 0 Å². The summed E-state index contributed by atoms with van der Waals surface area (Å²) in [6.45, 7) is 10.4. The molecule has 0 bridgehead atoms. The zero-order chi connectivity index (χ0) is 17.3. The van der Waals surface area contributed by atoms with Crippen LogP contribution in [-0.2, 0) is 11.2 Å². The van der Waals surface area contributed by atoms with Gasteiger partial charge in [0.05, 0.1) is 37.0 Å². The lowest BCUT2D eigenvalue weighted by atomic mass is 9.94. The third kappa shape index (κ3) is 3.34. The standard InChI is InChI=1S/C19H27N5O/c1-19(2,24-9-11-25-12-10-24)13-23-8-6-15-17(22-14-21-15)18(23)16-5-3-4-7-20-16/h3-5,7,14,18H,6,8-13H2,1-2H3,(H,21,22). The molecule has 2 aromatic rings. The summed E-state index contributed by atoms with van der Waals surface area (Å²) in [6.07, 6.45) is 4.71. The van der Waals surface area contributed by atoms with Crippen LogP contribution in [0.5, 0.6) is 0 Å². The molecule has 1 atom stereocenters. The maximum absolute atomic E-state index is 5.53. The number of rotatable bonds is 4. The van der Waals surface area contributed by atoms with Crippen LogP contribution < -0.4 is 0 Å². The lowest BCUT2D eigenvalue weighted by Crippen LogP contribution is -2.56. The van der Waals surface area contributed by atoms with E-state index in [0.717, 1.165) is 57.2 Å². The average Bonchev–Trinajstić information content (AvgIpc) is 3.11. The number of morpholine rings is 1. The minimum Gasteiger partial charge on any atom is -0.379 e. The van der Waals surface area contributed by atoms with Crippen molar-refractivity contribution in [1.29, 1.82) is 0 Å². The molecule has 25 heavy (non-hydrogen) atoms. The number of hydrogen-bond acceptors (Lipinski definition) is 5. The summed E-state index contributed by atoms with van der Waals surface area (Å²) in [5.41, 5.74) is 3.54. The first-order valence-electron chi connectivity index (χ1n) is 9.15. The number of pyridine rings is 1. The summed E-state index contributed by atoms with van der Waals surface area (Å²) in [6, 6.07) is 6.27. The molecule has 2 aromatic heterocycles. The fourth-order valence-corrected chi connectivity index (χ4v) is 4.13. The van der Waals surface area contributed by atoms with E-state index >= 15 is 0 Å². The largest absolute Gasteiger partial charge is 0.379 e. The van der Waals surface area contributed by atoms with E-state index in [-0.39, 0.29) is 11.6 Å². The quantitative estimate of drug-likeness (QED) is 0.920. The summed E-state index contributed by atoms with van der Waals surface area (Å²) in [5.74, 6) is 0. The van der Waals surface area contributed by atoms with Gasteiger partial charge in [-0.3, -0.25) is 14.8 Å². The SMILES string of the molecule is CC(C)(CN1CCc2[nH]cnc2C1c1ccccn1)N1CCOCC1. The molecule has 1 unspecified atom stereocenters. The van der Waals surface area contributed by atoms with Crippen LogP contribution in [0.1, 0.15) is 37.0 Å². The minimum absolute atomic E-state index is 0.0879. The molecule has 1 fully saturated rings. The topological polar surface area (TPSA) is 57.3 Å². The highest BCUT2D eigenvalue weighted by Gasteiger charge is 2.37. The van der Waals surface area contributed by atoms with Gasteiger partial charge in [-0.05, 0) is 26.0 Å². The Bertz CT molecular complexity index is 693. The predicted molar refractivity (Wildman–Crippen MR) is 96.4 cm³/mol. The van der Waals surface area contributed by atoms with Crippen LogP contribution in [0.4, 0.5) is 0 Å². The van der Waals surface area contributed by atoms with E-state index in [1.807, 2.05) is 18.6 Å². The van der Waals surface area contributed by atoms with Gasteiger partial charge in [0.15, 0.2) is 0 Å². The Morgan fingerprint density at radius 3 is 2.80 bits per heavy atom. The van der Waals surface area contributed by atoms with Crippen molar-refractivity contribution in [2.24, 2.45) is 0 Å². The van der Waals surface area contributed by atoms with Crippen molar-refractivity contribution in [3.8, 4) is 0 Å². The molecule has 0 aromatic carbocycles. The van der Waals surface area contributed by atoms with Crippen molar-refractivity contribution >= 4 is 0 Å². The van der Waals surface area contributed by atoms with Gasteiger partial charge in [-0.15, -0.1) is 0 Å². The monoisotopic (exact) mass is 341 g/mol. The first kappa shape index (κ1) is 16.7. The Morgan fingerprint density at radius 2 is 2.04 bits per heavy atom. The number of nitrogens with zero attached hydrogens (tertiary/aromatic N) is 4. The molecule has 0 spiro atoms. The second-order valence-electron chi connectivity index (χ2n) is 7.56. The minimum atomic E-state index is 0.0879. The van der Waals surface area contributed by atoms with Crippen LogP contribution in [0.3, 0.4) is 0 Å². The van der Waals surface area contributed by atoms with E-state index in [2.05, 4.69) is 50.7 Å². The van der Waals surface area contributed by atoms with Gasteiger partial charge in [0.25, 0.3) is 0 Å². The summed E-state index contributed by atoms with van der Waals surface area (Å²) in [5, 5.41) is 0. The van der Waals surface area contributed by atoms with E-state index in [1.54, 1.807) is 0 Å². The molecule has 0 aliphatic carbocycles. The third-order valence-electron chi connectivity index (χ3n) is 5.45. The van der Waals surface area contributed by atoms with E-state index in [1.165, 1.54) is 5.69 Å². The molecule has 0 amide bonds. The van der Waals surface area contributed by atoms with Gasteiger partial charge in [0, 0.05) is 50.0 Å². The zero-order valence-electron chi connectivity index (χ0n) is 15.1. The molecule has 6 heteroatoms. The van der Waals surface area contributed by atoms with Gasteiger partial charge in [0.2, 0.25) is 0 Å². The first-order chi connectivity index (χ1) is 12.1. The van der Waals surface area contributed by atoms with Crippen molar-refractivity contribution in [2.45, 2.75) is 31.8 Å². The van der Waals surface area contributed by atoms with Crippen LogP contribution in [0.25, 0.3) is 0 Å². The summed E-state index contributed by atoms with van der Waals surface area (Å²) >= 11 is 0. The normalized spacial score (nSPS) is 22.7. The molecular weight excluding hydrogens is 314 g/mol. The molecule has 2 aliphatic rings. The Morgan fingerprint density at radius 1 is 1.20 bits per heavy atom. The smallest absolute Gasteiger partial charge is 0.0969 e. The van der Waals surface area contributed by atoms with Crippen molar-refractivity contribution in [2.75, 3.05) is 39.4 Å². The molecule has 1 saturated heterocycles. The second-order valence-corrected chi connectivity index (χ2v) is 7.56. The fourth-order valence-electron chi connectivity index (χ4n) is 4.13. The van der Waals surface area contributed by atoms with Crippen LogP contribution in [0, 0.1) is 0 Å². The maximum atomic E-state index is 5.53. The van der Waals surface area contributed by atoms with Crippen LogP contribution in [-0.4, -0.2) is 69.7 Å². The van der Waals surface area contributed by atoms with E-state index in [9.17, 15) is 0 Å². The Labute approximate surface area is 149 Å². The lowest BCUT2D eigenvalue weighted by Gasteiger charge is -2.46. The number of nitrogens with one attached hydrogen (secondary N) is 1. The summed E-state index contributed by atoms with van der Waals surface area (Å²) < 4.78 is 5.53. The highest BCUT2D eigenvalue weighted by atomic mass is 16.5. The van der Waals surface area contributed by atoms with Gasteiger partial charge in [-0.25, -0.2) is 4.98 Å². The molecule has 6 nitrogen and oxygen atoms in total. The predicted octanol–water partition coefficient (Wildman–Crippen LogP) is 1.86. The Balaban J connectivity index is 1.61. The molecule has 4 rings (SSSR count). The van der Waals surface area contributed by atoms with Crippen LogP contribution in [0.2, 0.25) is 0 Å².